The summed E-state index contributed by atoms with van der Waals surface area (Å²) in [4.78, 5) is 13.1. The van der Waals surface area contributed by atoms with Gasteiger partial charge in [-0.2, -0.15) is 0 Å². The number of hydrogen-bond donors (Lipinski definition) is 1. The summed E-state index contributed by atoms with van der Waals surface area (Å²) in [6.45, 7) is 1.62. The van der Waals surface area contributed by atoms with E-state index in [0.29, 0.717) is 6.61 Å². The molecular formula is C19H23NO3. The van der Waals surface area contributed by atoms with Crippen molar-refractivity contribution in [2.75, 3.05) is 27.2 Å². The van der Waals surface area contributed by atoms with Crippen LogP contribution in [0.2, 0.25) is 0 Å². The monoisotopic (exact) mass is 313 g/mol. The molecule has 122 valence electrons. The molecular weight excluding hydrogens is 290 g/mol. The molecule has 0 saturated heterocycles. The first-order valence-corrected chi connectivity index (χ1v) is 7.72. The quantitative estimate of drug-likeness (QED) is 0.759. The van der Waals surface area contributed by atoms with E-state index in [4.69, 9.17) is 9.84 Å². The fourth-order valence-corrected chi connectivity index (χ4v) is 2.40. The summed E-state index contributed by atoms with van der Waals surface area (Å²) in [6, 6.07) is 16.9. The molecule has 4 nitrogen and oxygen atoms in total. The number of rotatable bonds is 8. The van der Waals surface area contributed by atoms with Crippen LogP contribution >= 0.6 is 0 Å². The minimum atomic E-state index is -0.917. The van der Waals surface area contributed by atoms with Gasteiger partial charge in [-0.05, 0) is 50.3 Å². The van der Waals surface area contributed by atoms with Crippen molar-refractivity contribution in [2.24, 2.45) is 0 Å². The average molecular weight is 313 g/mol. The Morgan fingerprint density at radius 3 is 2.22 bits per heavy atom. The van der Waals surface area contributed by atoms with E-state index < -0.39 is 5.97 Å². The van der Waals surface area contributed by atoms with E-state index in [9.17, 15) is 4.79 Å². The molecule has 0 aromatic heterocycles. The summed E-state index contributed by atoms with van der Waals surface area (Å²) in [6.07, 6.45) is 0.769. The molecule has 1 atom stereocenters. The molecule has 0 radical (unpaired) electrons. The second-order valence-corrected chi connectivity index (χ2v) is 5.75. The second-order valence-electron chi connectivity index (χ2n) is 5.75. The lowest BCUT2D eigenvalue weighted by atomic mass is 10.00. The largest absolute Gasteiger partial charge is 0.478 e. The van der Waals surface area contributed by atoms with Gasteiger partial charge in [-0.3, -0.25) is 0 Å². The van der Waals surface area contributed by atoms with Gasteiger partial charge in [-0.15, -0.1) is 0 Å². The molecule has 0 aliphatic heterocycles. The van der Waals surface area contributed by atoms with E-state index in [1.54, 1.807) is 12.1 Å². The number of benzene rings is 2. The van der Waals surface area contributed by atoms with Gasteiger partial charge < -0.3 is 14.7 Å². The highest BCUT2D eigenvalue weighted by Crippen LogP contribution is 2.26. The van der Waals surface area contributed by atoms with Gasteiger partial charge in [0.05, 0.1) is 5.56 Å². The third-order valence-electron chi connectivity index (χ3n) is 3.60. The normalized spacial score (nSPS) is 12.3. The number of ether oxygens (including phenoxy) is 1. The lowest BCUT2D eigenvalue weighted by Crippen LogP contribution is -2.16. The van der Waals surface area contributed by atoms with Crippen LogP contribution in [0.25, 0.3) is 0 Å². The Hall–Kier alpha value is -2.17. The molecule has 0 bridgehead atoms. The summed E-state index contributed by atoms with van der Waals surface area (Å²) >= 11 is 0. The Labute approximate surface area is 137 Å². The fraction of sp³-hybridized carbons (Fsp3) is 0.316. The predicted molar refractivity (Wildman–Crippen MR) is 90.8 cm³/mol. The van der Waals surface area contributed by atoms with Crippen molar-refractivity contribution in [1.82, 2.24) is 4.90 Å². The van der Waals surface area contributed by atoms with Crippen LogP contribution in [0.4, 0.5) is 0 Å². The van der Waals surface area contributed by atoms with E-state index in [1.165, 1.54) is 0 Å². The molecule has 1 N–H and O–H groups in total. The van der Waals surface area contributed by atoms with Crippen LogP contribution in [0.3, 0.4) is 0 Å². The molecule has 0 aliphatic rings. The zero-order chi connectivity index (χ0) is 16.7. The standard InChI is InChI=1S/C19H23NO3/c1-20(2)13-6-14-23-18(15-7-4-3-5-8-15)16-9-11-17(12-10-16)19(21)22/h3-5,7-12,18H,6,13-14H2,1-2H3,(H,21,22). The topological polar surface area (TPSA) is 49.8 Å². The van der Waals surface area contributed by atoms with Crippen LogP contribution in [-0.2, 0) is 4.74 Å². The Balaban J connectivity index is 2.14. The van der Waals surface area contributed by atoms with E-state index in [-0.39, 0.29) is 11.7 Å². The van der Waals surface area contributed by atoms with Crippen molar-refractivity contribution in [3.8, 4) is 0 Å². The van der Waals surface area contributed by atoms with E-state index in [0.717, 1.165) is 24.1 Å². The first kappa shape index (κ1) is 17.2. The van der Waals surface area contributed by atoms with Gasteiger partial charge in [0, 0.05) is 6.61 Å². The van der Waals surface area contributed by atoms with Crippen molar-refractivity contribution in [1.29, 1.82) is 0 Å². The van der Waals surface area contributed by atoms with Gasteiger partial charge >= 0.3 is 5.97 Å². The molecule has 1 unspecified atom stereocenters. The molecule has 2 aromatic rings. The molecule has 2 aromatic carbocycles. The molecule has 0 spiro atoms. The SMILES string of the molecule is CN(C)CCCOC(c1ccccc1)c1ccc(C(=O)O)cc1. The molecule has 0 saturated carbocycles. The van der Waals surface area contributed by atoms with Gasteiger partial charge in [0.15, 0.2) is 0 Å². The Morgan fingerprint density at radius 1 is 1.04 bits per heavy atom. The summed E-state index contributed by atoms with van der Waals surface area (Å²) in [5.41, 5.74) is 2.32. The molecule has 0 heterocycles. The molecule has 0 aliphatic carbocycles. The minimum absolute atomic E-state index is 0.179. The summed E-state index contributed by atoms with van der Waals surface area (Å²) < 4.78 is 6.09. The van der Waals surface area contributed by atoms with Crippen LogP contribution in [0, 0.1) is 0 Å². The van der Waals surface area contributed by atoms with Gasteiger partial charge in [0.1, 0.15) is 6.10 Å². The summed E-state index contributed by atoms with van der Waals surface area (Å²) in [7, 11) is 4.08. The van der Waals surface area contributed by atoms with Gasteiger partial charge in [-0.1, -0.05) is 42.5 Å². The van der Waals surface area contributed by atoms with E-state index in [1.807, 2.05) is 56.6 Å². The molecule has 4 heteroatoms. The van der Waals surface area contributed by atoms with E-state index in [2.05, 4.69) is 4.90 Å². The number of carboxylic acid groups (broad SMARTS) is 1. The zero-order valence-electron chi connectivity index (χ0n) is 13.6. The number of carboxylic acids is 1. The first-order valence-electron chi connectivity index (χ1n) is 7.72. The van der Waals surface area contributed by atoms with Gasteiger partial charge in [-0.25, -0.2) is 4.79 Å². The third-order valence-corrected chi connectivity index (χ3v) is 3.60. The van der Waals surface area contributed by atoms with Gasteiger partial charge in [0.2, 0.25) is 0 Å². The Kier molecular flexibility index (Phi) is 6.32. The van der Waals surface area contributed by atoms with Gasteiger partial charge in [0.25, 0.3) is 0 Å². The van der Waals surface area contributed by atoms with Crippen LogP contribution in [0.15, 0.2) is 54.6 Å². The number of nitrogens with zero attached hydrogens (tertiary/aromatic N) is 1. The number of aromatic carboxylic acids is 1. The third kappa shape index (κ3) is 5.20. The minimum Gasteiger partial charge on any atom is -0.478 e. The lowest BCUT2D eigenvalue weighted by molar-refractivity contribution is 0.0693. The zero-order valence-corrected chi connectivity index (χ0v) is 13.6. The van der Waals surface area contributed by atoms with Crippen LogP contribution in [0.1, 0.15) is 34.0 Å². The van der Waals surface area contributed by atoms with Crippen LogP contribution < -0.4 is 0 Å². The number of carbonyl (C=O) groups is 1. The van der Waals surface area contributed by atoms with E-state index >= 15 is 0 Å². The highest BCUT2D eigenvalue weighted by atomic mass is 16.5. The van der Waals surface area contributed by atoms with Crippen molar-refractivity contribution in [2.45, 2.75) is 12.5 Å². The Bertz CT molecular complexity index is 608. The second kappa shape index (κ2) is 8.46. The molecule has 2 rings (SSSR count). The van der Waals surface area contributed by atoms with Crippen molar-refractivity contribution < 1.29 is 14.6 Å². The van der Waals surface area contributed by atoms with Crippen LogP contribution in [-0.4, -0.2) is 43.2 Å². The first-order chi connectivity index (χ1) is 11.1. The maximum atomic E-state index is 11.0. The lowest BCUT2D eigenvalue weighted by Gasteiger charge is -2.20. The fourth-order valence-electron chi connectivity index (χ4n) is 2.40. The van der Waals surface area contributed by atoms with Crippen molar-refractivity contribution >= 4 is 5.97 Å². The smallest absolute Gasteiger partial charge is 0.335 e. The predicted octanol–water partition coefficient (Wildman–Crippen LogP) is 3.44. The molecule has 23 heavy (non-hydrogen) atoms. The maximum Gasteiger partial charge on any atom is 0.335 e. The molecule has 0 fully saturated rings. The summed E-state index contributed by atoms with van der Waals surface area (Å²) in [5.74, 6) is -0.917. The maximum absolute atomic E-state index is 11.0. The van der Waals surface area contributed by atoms with Crippen molar-refractivity contribution in [3.05, 3.63) is 71.3 Å². The average Bonchev–Trinajstić information content (AvgIpc) is 2.55. The highest BCUT2D eigenvalue weighted by Gasteiger charge is 2.15. The Morgan fingerprint density at radius 2 is 1.65 bits per heavy atom. The van der Waals surface area contributed by atoms with Crippen molar-refractivity contribution in [3.63, 3.8) is 0 Å². The van der Waals surface area contributed by atoms with Crippen LogP contribution in [0.5, 0.6) is 0 Å². The highest BCUT2D eigenvalue weighted by molar-refractivity contribution is 5.87. The number of hydrogen-bond acceptors (Lipinski definition) is 3. The summed E-state index contributed by atoms with van der Waals surface area (Å²) in [5, 5.41) is 9.02. The molecule has 0 amide bonds.